The summed E-state index contributed by atoms with van der Waals surface area (Å²) in [4.78, 5) is 15.9. The number of H-pyrrole nitrogens is 1. The zero-order valence-corrected chi connectivity index (χ0v) is 10.7. The van der Waals surface area contributed by atoms with Gasteiger partial charge in [0.25, 0.3) is 5.91 Å². The first-order valence-corrected chi connectivity index (χ1v) is 6.06. The first-order valence-electron chi connectivity index (χ1n) is 5.68. The number of hydrogen-bond donors (Lipinski definition) is 2. The molecule has 2 heterocycles. The Hall–Kier alpha value is -1.82. The lowest BCUT2D eigenvalue weighted by Gasteiger charge is -2.06. The van der Waals surface area contributed by atoms with Gasteiger partial charge in [-0.3, -0.25) is 9.89 Å². The Labute approximate surface area is 109 Å². The highest BCUT2D eigenvalue weighted by atomic mass is 35.5. The van der Waals surface area contributed by atoms with E-state index in [0.29, 0.717) is 30.2 Å². The summed E-state index contributed by atoms with van der Waals surface area (Å²) < 4.78 is 1.81. The van der Waals surface area contributed by atoms with E-state index in [2.05, 4.69) is 20.5 Å². The Morgan fingerprint density at radius 2 is 2.44 bits per heavy atom. The summed E-state index contributed by atoms with van der Waals surface area (Å²) in [6.45, 7) is 3.17. The van der Waals surface area contributed by atoms with Crippen molar-refractivity contribution in [1.29, 1.82) is 0 Å². The van der Waals surface area contributed by atoms with Gasteiger partial charge >= 0.3 is 0 Å². The van der Waals surface area contributed by atoms with Gasteiger partial charge in [-0.05, 0) is 13.0 Å². The average Bonchev–Trinajstić information content (AvgIpc) is 2.98. The topological polar surface area (TPSA) is 75.6 Å². The number of halogens is 1. The molecule has 0 radical (unpaired) electrons. The number of aromatic nitrogens is 4. The molecule has 0 saturated carbocycles. The molecule has 0 atom stereocenters. The minimum Gasteiger partial charge on any atom is -0.350 e. The quantitative estimate of drug-likeness (QED) is 0.856. The molecule has 0 aliphatic carbocycles. The Morgan fingerprint density at radius 1 is 1.61 bits per heavy atom. The third kappa shape index (κ3) is 2.89. The zero-order chi connectivity index (χ0) is 13.0. The monoisotopic (exact) mass is 267 g/mol. The van der Waals surface area contributed by atoms with Gasteiger partial charge in [0.1, 0.15) is 17.8 Å². The van der Waals surface area contributed by atoms with Gasteiger partial charge in [0.15, 0.2) is 0 Å². The van der Waals surface area contributed by atoms with Crippen molar-refractivity contribution in [2.45, 2.75) is 19.9 Å². The Balaban J connectivity index is 1.91. The molecule has 2 aromatic rings. The van der Waals surface area contributed by atoms with Gasteiger partial charge < -0.3 is 9.88 Å². The fourth-order valence-electron chi connectivity index (χ4n) is 1.66. The molecular formula is C11H14ClN5O. The number of hydrogen-bond acceptors (Lipinski definition) is 3. The van der Waals surface area contributed by atoms with Crippen molar-refractivity contribution in [2.24, 2.45) is 0 Å². The summed E-state index contributed by atoms with van der Waals surface area (Å²) >= 11 is 5.88. The van der Waals surface area contributed by atoms with Crippen LogP contribution in [-0.4, -0.2) is 32.2 Å². The predicted octanol–water partition coefficient (Wildman–Crippen LogP) is 1.25. The molecule has 6 nitrogen and oxygen atoms in total. The van der Waals surface area contributed by atoms with Crippen LogP contribution in [0.4, 0.5) is 0 Å². The Kier molecular flexibility index (Phi) is 3.99. The predicted molar refractivity (Wildman–Crippen MR) is 67.5 cm³/mol. The molecule has 0 aliphatic rings. The van der Waals surface area contributed by atoms with Crippen molar-refractivity contribution in [2.75, 3.05) is 6.54 Å². The highest BCUT2D eigenvalue weighted by Gasteiger charge is 2.11. The lowest BCUT2D eigenvalue weighted by molar-refractivity contribution is 0.0945. The van der Waals surface area contributed by atoms with E-state index in [1.165, 1.54) is 6.33 Å². The highest BCUT2D eigenvalue weighted by molar-refractivity contribution is 6.31. The molecule has 0 fully saturated rings. The normalized spacial score (nSPS) is 10.6. The summed E-state index contributed by atoms with van der Waals surface area (Å²) in [5, 5.41) is 9.86. The number of carbonyl (C=O) groups is 1. The highest BCUT2D eigenvalue weighted by Crippen LogP contribution is 2.13. The van der Waals surface area contributed by atoms with Crippen LogP contribution >= 0.6 is 11.6 Å². The molecule has 1 amide bonds. The maximum atomic E-state index is 11.9. The first kappa shape index (κ1) is 12.6. The first-order chi connectivity index (χ1) is 8.70. The van der Waals surface area contributed by atoms with Gasteiger partial charge in [-0.15, -0.1) is 0 Å². The van der Waals surface area contributed by atoms with Gasteiger partial charge in [0.05, 0.1) is 5.02 Å². The molecule has 0 saturated heterocycles. The van der Waals surface area contributed by atoms with Crippen molar-refractivity contribution in [3.05, 3.63) is 35.1 Å². The molecule has 2 N–H and O–H groups in total. The van der Waals surface area contributed by atoms with E-state index in [1.54, 1.807) is 12.3 Å². The van der Waals surface area contributed by atoms with Gasteiger partial charge in [-0.2, -0.15) is 5.10 Å². The fraction of sp³-hybridized carbons (Fsp3) is 0.364. The van der Waals surface area contributed by atoms with Crippen LogP contribution in [0.3, 0.4) is 0 Å². The molecule has 0 aromatic carbocycles. The number of nitrogens with one attached hydrogen (secondary N) is 2. The smallest absolute Gasteiger partial charge is 0.267 e. The number of aromatic amines is 1. The second-order valence-electron chi connectivity index (χ2n) is 3.77. The Morgan fingerprint density at radius 3 is 3.11 bits per heavy atom. The summed E-state index contributed by atoms with van der Waals surface area (Å²) in [5.74, 6) is 0.613. The van der Waals surface area contributed by atoms with Gasteiger partial charge in [-0.25, -0.2) is 4.98 Å². The van der Waals surface area contributed by atoms with E-state index in [9.17, 15) is 4.79 Å². The Bertz CT molecular complexity index is 520. The summed E-state index contributed by atoms with van der Waals surface area (Å²) in [5.41, 5.74) is 0.570. The van der Waals surface area contributed by atoms with Crippen LogP contribution < -0.4 is 5.32 Å². The van der Waals surface area contributed by atoms with Crippen LogP contribution in [-0.2, 0) is 13.0 Å². The molecule has 0 bridgehead atoms. The third-order valence-electron chi connectivity index (χ3n) is 2.55. The second kappa shape index (κ2) is 5.68. The van der Waals surface area contributed by atoms with Crippen LogP contribution in [0.2, 0.25) is 5.02 Å². The second-order valence-corrected chi connectivity index (χ2v) is 4.20. The van der Waals surface area contributed by atoms with E-state index in [4.69, 9.17) is 11.6 Å². The summed E-state index contributed by atoms with van der Waals surface area (Å²) in [6, 6.07) is 1.66. The molecule has 96 valence electrons. The lowest BCUT2D eigenvalue weighted by atomic mass is 10.3. The van der Waals surface area contributed by atoms with E-state index in [0.717, 1.165) is 5.82 Å². The van der Waals surface area contributed by atoms with Crippen LogP contribution in [0, 0.1) is 0 Å². The van der Waals surface area contributed by atoms with E-state index >= 15 is 0 Å². The molecule has 7 heteroatoms. The van der Waals surface area contributed by atoms with Crippen LogP contribution in [0.5, 0.6) is 0 Å². The maximum absolute atomic E-state index is 11.9. The lowest BCUT2D eigenvalue weighted by Crippen LogP contribution is -2.27. The number of amides is 1. The minimum atomic E-state index is -0.136. The largest absolute Gasteiger partial charge is 0.350 e. The summed E-state index contributed by atoms with van der Waals surface area (Å²) in [6.07, 6.45) is 3.80. The molecule has 0 spiro atoms. The van der Waals surface area contributed by atoms with Gasteiger partial charge in [0, 0.05) is 25.7 Å². The van der Waals surface area contributed by atoms with Crippen LogP contribution in [0.1, 0.15) is 23.2 Å². The van der Waals surface area contributed by atoms with Crippen molar-refractivity contribution in [1.82, 2.24) is 25.1 Å². The summed E-state index contributed by atoms with van der Waals surface area (Å²) in [7, 11) is 0. The maximum Gasteiger partial charge on any atom is 0.267 e. The van der Waals surface area contributed by atoms with E-state index in [-0.39, 0.29) is 5.91 Å². The van der Waals surface area contributed by atoms with Crippen molar-refractivity contribution < 1.29 is 4.79 Å². The number of nitrogens with zero attached hydrogens (tertiary/aromatic N) is 3. The third-order valence-corrected chi connectivity index (χ3v) is 2.76. The standard InChI is InChI=1S/C11H14ClN5O/c1-2-17-6-8(12)5-9(17)11(18)13-4-3-10-14-7-15-16-10/h5-7H,2-4H2,1H3,(H,13,18)(H,14,15,16). The SMILES string of the molecule is CCn1cc(Cl)cc1C(=O)NCCc1ncn[nH]1. The number of rotatable bonds is 5. The average molecular weight is 268 g/mol. The molecule has 0 unspecified atom stereocenters. The number of carbonyl (C=O) groups excluding carboxylic acids is 1. The van der Waals surface area contributed by atoms with Crippen LogP contribution in [0.25, 0.3) is 0 Å². The van der Waals surface area contributed by atoms with E-state index in [1.807, 2.05) is 11.5 Å². The fourth-order valence-corrected chi connectivity index (χ4v) is 1.88. The van der Waals surface area contributed by atoms with Gasteiger partial charge in [-0.1, -0.05) is 11.6 Å². The van der Waals surface area contributed by atoms with E-state index < -0.39 is 0 Å². The number of aryl methyl sites for hydroxylation is 1. The molecule has 0 aliphatic heterocycles. The van der Waals surface area contributed by atoms with Crippen molar-refractivity contribution >= 4 is 17.5 Å². The van der Waals surface area contributed by atoms with Crippen molar-refractivity contribution in [3.63, 3.8) is 0 Å². The molecule has 18 heavy (non-hydrogen) atoms. The van der Waals surface area contributed by atoms with Crippen LogP contribution in [0.15, 0.2) is 18.6 Å². The molecule has 2 rings (SSSR count). The van der Waals surface area contributed by atoms with Crippen molar-refractivity contribution in [3.8, 4) is 0 Å². The van der Waals surface area contributed by atoms with Gasteiger partial charge in [0.2, 0.25) is 0 Å². The minimum absolute atomic E-state index is 0.136. The molecular weight excluding hydrogens is 254 g/mol. The molecule has 2 aromatic heterocycles. The zero-order valence-electron chi connectivity index (χ0n) is 9.98.